The van der Waals surface area contributed by atoms with Gasteiger partial charge in [-0.1, -0.05) is 198 Å². The Balaban J connectivity index is -0.0000000153. The lowest BCUT2D eigenvalue weighted by molar-refractivity contribution is -0.129. The summed E-state index contributed by atoms with van der Waals surface area (Å²) in [7, 11) is 10.5. The number of hydrogen-bond donors (Lipinski definition) is 12. The van der Waals surface area contributed by atoms with Crippen LogP contribution < -0.4 is 64.7 Å². The number of nitrogens with zero attached hydrogens (tertiary/aromatic N) is 1. The molecule has 0 aromatic heterocycles. The van der Waals surface area contributed by atoms with Crippen LogP contribution in [0.4, 0.5) is 0 Å². The van der Waals surface area contributed by atoms with E-state index in [1.807, 2.05) is 155 Å². The lowest BCUT2D eigenvalue weighted by atomic mass is 10.1. The molecule has 0 atom stereocenters. The van der Waals surface area contributed by atoms with E-state index < -0.39 is 0 Å². The smallest absolute Gasteiger partial charge is 0.219 e. The summed E-state index contributed by atoms with van der Waals surface area (Å²) in [5.74, 6) is 1.95. The van der Waals surface area contributed by atoms with Crippen molar-refractivity contribution >= 4 is 80.6 Å². The highest BCUT2D eigenvalue weighted by Crippen LogP contribution is 2.07. The summed E-state index contributed by atoms with van der Waals surface area (Å²) in [5, 5.41) is 8.06. The molecule has 25 heteroatoms. The quantitative estimate of drug-likeness (QED) is 0.132. The van der Waals surface area contributed by atoms with Gasteiger partial charge >= 0.3 is 0 Å². The average Bonchev–Trinajstić information content (AvgIpc) is 3.65. The van der Waals surface area contributed by atoms with E-state index in [0.29, 0.717) is 0 Å². The van der Waals surface area contributed by atoms with Crippen LogP contribution in [0.15, 0.2) is 60.7 Å². The van der Waals surface area contributed by atoms with Crippen molar-refractivity contribution in [3.63, 3.8) is 0 Å². The largest absolute Gasteiger partial charge is 0.394 e. The van der Waals surface area contributed by atoms with Crippen molar-refractivity contribution in [3.05, 3.63) is 71.8 Å². The van der Waals surface area contributed by atoms with Gasteiger partial charge in [-0.15, -0.1) is 0 Å². The van der Waals surface area contributed by atoms with Crippen molar-refractivity contribution in [2.24, 2.45) is 52.0 Å². The summed E-state index contributed by atoms with van der Waals surface area (Å²) in [4.78, 5) is 101. The van der Waals surface area contributed by atoms with Crippen LogP contribution in [0.2, 0.25) is 0 Å². The third kappa shape index (κ3) is 601. The second-order valence-corrected chi connectivity index (χ2v) is 11.6. The van der Waals surface area contributed by atoms with Crippen molar-refractivity contribution in [1.82, 2.24) is 29.5 Å². The minimum Gasteiger partial charge on any atom is -0.394 e. The molecule has 0 bridgehead atoms. The number of aryl methyl sites for hydroxylation is 2. The predicted molar refractivity (Wildman–Crippen MR) is 406 cm³/mol. The topological polar surface area (TPSA) is 550 Å². The van der Waals surface area contributed by atoms with Crippen LogP contribution in [0.25, 0.3) is 0 Å². The summed E-state index contributed by atoms with van der Waals surface area (Å²) < 4.78 is 0. The van der Waals surface area contributed by atoms with Gasteiger partial charge in [0.25, 0.3) is 0 Å². The van der Waals surface area contributed by atoms with E-state index in [1.165, 1.54) is 105 Å². The summed E-state index contributed by atoms with van der Waals surface area (Å²) in [6.45, 7) is 66.6. The minimum absolute atomic E-state index is 0. The van der Waals surface area contributed by atoms with Crippen LogP contribution >= 0.6 is 0 Å². The molecule has 1 fully saturated rings. The van der Waals surface area contributed by atoms with E-state index in [2.05, 4.69) is 150 Å². The van der Waals surface area contributed by atoms with Gasteiger partial charge in [-0.2, -0.15) is 0 Å². The van der Waals surface area contributed by atoms with Gasteiger partial charge < -0.3 is 127 Å². The van der Waals surface area contributed by atoms with Crippen molar-refractivity contribution in [2.45, 2.75) is 203 Å². The first-order valence-electron chi connectivity index (χ1n) is 28.1. The molecule has 0 saturated carbocycles. The van der Waals surface area contributed by atoms with Crippen LogP contribution in [0.5, 0.6) is 0 Å². The van der Waals surface area contributed by atoms with E-state index in [4.69, 9.17) is 57.8 Å². The highest BCUT2D eigenvalue weighted by Gasteiger charge is 2.11. The first-order valence-corrected chi connectivity index (χ1v) is 28.1. The Morgan fingerprint density at radius 2 is 0.567 bits per heavy atom. The van der Waals surface area contributed by atoms with Crippen LogP contribution in [0.1, 0.15) is 195 Å². The van der Waals surface area contributed by atoms with E-state index in [9.17, 15) is 4.79 Å². The Morgan fingerprint density at radius 1 is 0.400 bits per heavy atom. The fourth-order valence-corrected chi connectivity index (χ4v) is 2.95. The molecular weight excluding hydrogens is 1160 g/mol. The number of amides is 1. The van der Waals surface area contributed by atoms with Gasteiger partial charge in [0, 0.05) is 26.1 Å². The SMILES string of the molecule is C=O.C=O.C=O.C=O.C=O.C=O.C=O.C=O.C=O.C=O.C=O.CC.CC.CC.CC.CC.CC(=O)N1CCCCC1.CC(C)C.CC(C)O.CCC(C)C.CCCCc1ccccc1.CCc1ccccc1.CN.CN.CN.CN.CN.CN.CN.N.N.N.N. The van der Waals surface area contributed by atoms with Crippen LogP contribution in [0.3, 0.4) is 0 Å². The zero-order valence-electron chi connectivity index (χ0n) is 64.5. The van der Waals surface area contributed by atoms with Crippen LogP contribution in [-0.4, -0.2) is 159 Å². The zero-order valence-corrected chi connectivity index (χ0v) is 64.5. The monoisotopic (exact) mass is 1320 g/mol. The second-order valence-electron chi connectivity index (χ2n) is 11.6. The number of likely N-dealkylation sites (tertiary alicyclic amines) is 1. The van der Waals surface area contributed by atoms with Gasteiger partial charge in [0.15, 0.2) is 0 Å². The maximum atomic E-state index is 10.7. The van der Waals surface area contributed by atoms with Crippen LogP contribution in [-0.2, 0) is 70.4 Å². The third-order valence-corrected chi connectivity index (χ3v) is 5.53. The van der Waals surface area contributed by atoms with Crippen molar-refractivity contribution < 1.29 is 62.6 Å². The molecule has 0 aliphatic carbocycles. The molecule has 1 aliphatic rings. The molecule has 0 unspecified atom stereocenters. The number of aliphatic hydroxyl groups is 1. The van der Waals surface area contributed by atoms with Crippen molar-refractivity contribution in [3.8, 4) is 0 Å². The maximum absolute atomic E-state index is 10.7. The molecule has 2 aromatic rings. The second kappa shape index (κ2) is 457. The number of carbonyl (C=O) groups is 12. The molecule has 1 heterocycles. The third-order valence-electron chi connectivity index (χ3n) is 5.53. The molecule has 0 spiro atoms. The Hall–Kier alpha value is -6.20. The van der Waals surface area contributed by atoms with Gasteiger partial charge in [-0.3, -0.25) is 4.79 Å². The summed E-state index contributed by atoms with van der Waals surface area (Å²) in [5.41, 5.74) is 34.4. The first-order chi connectivity index (χ1) is 41.9. The number of carbonyl (C=O) groups excluding carboxylic acids is 12. The number of unbranched alkanes of at least 4 members (excludes halogenated alkanes) is 1. The van der Waals surface area contributed by atoms with E-state index in [-0.39, 0.29) is 36.6 Å². The Morgan fingerprint density at radius 3 is 0.678 bits per heavy atom. The Kier molecular flexibility index (Phi) is 1010. The Bertz CT molecular complexity index is 936. The maximum Gasteiger partial charge on any atom is 0.219 e. The molecule has 90 heavy (non-hydrogen) atoms. The molecule has 25 nitrogen and oxygen atoms in total. The van der Waals surface area contributed by atoms with E-state index >= 15 is 0 Å². The number of benzene rings is 2. The van der Waals surface area contributed by atoms with Crippen LogP contribution in [0, 0.1) is 11.8 Å². The van der Waals surface area contributed by atoms with E-state index in [0.717, 1.165) is 31.3 Å². The molecule has 2 aromatic carbocycles. The first kappa shape index (κ1) is 198. The molecule has 1 saturated heterocycles. The van der Waals surface area contributed by atoms with Gasteiger partial charge in [-0.25, -0.2) is 0 Å². The van der Waals surface area contributed by atoms with Gasteiger partial charge in [0.05, 0.1) is 0 Å². The zero-order chi connectivity index (χ0) is 77.2. The number of rotatable bonds is 5. The summed E-state index contributed by atoms with van der Waals surface area (Å²) >= 11 is 0. The lowest BCUT2D eigenvalue weighted by Crippen LogP contribution is -2.33. The molecular formula is C65H166N12O13. The minimum atomic E-state index is -0.167. The van der Waals surface area contributed by atoms with Crippen molar-refractivity contribution in [1.29, 1.82) is 0 Å². The summed E-state index contributed by atoms with van der Waals surface area (Å²) in [6, 6.07) is 21.1. The number of aliphatic hydroxyl groups excluding tert-OH is 1. The molecule has 1 amide bonds. The molecule has 564 valence electrons. The highest BCUT2D eigenvalue weighted by molar-refractivity contribution is 5.73. The standard InChI is InChI=1S/C10H14.C8H10.C7H13NO.C5H12.C4H10.C3H8O.5C2H6.7CH5N.11CH2O.4H3N/c1-2-3-7-10-8-5-4-6-9-10;1-2-8-6-4-3-5-7-8;1-7(9)8-5-3-2-4-6-8;1-4-5(2)3;1-4(2)3;1-3(2)4;23*1-2;;;;/h4-6,8-9H,2-3,7H2,1H3;3-7H,2H2,1H3;2-6H2,1H3;5H,4H2,1-3H3;4H,1-3H3;3-4H,1-2H3;5*1-2H3;7*2H2,1H3;11*1H2;4*1H3. The molecule has 0 radical (unpaired) electrons. The fourth-order valence-electron chi connectivity index (χ4n) is 2.95. The fraction of sp³-hybridized carbons (Fsp3) is 0.631. The van der Waals surface area contributed by atoms with Crippen molar-refractivity contribution in [2.75, 3.05) is 62.4 Å². The lowest BCUT2D eigenvalue weighted by Gasteiger charge is -2.24. The average molecular weight is 1320 g/mol. The highest BCUT2D eigenvalue weighted by atomic mass is 16.3. The number of hydrogen-bond acceptors (Lipinski definition) is 24. The molecule has 3 rings (SSSR count). The van der Waals surface area contributed by atoms with Gasteiger partial charge in [-0.05, 0) is 125 Å². The summed E-state index contributed by atoms with van der Waals surface area (Å²) in [6.07, 6.45) is 9.79. The molecule has 27 N–H and O–H groups in total. The predicted octanol–water partition coefficient (Wildman–Crippen LogP) is 11.2. The molecule has 1 aliphatic heterocycles. The number of nitrogens with two attached hydrogens (primary N) is 7. The Labute approximate surface area is 559 Å². The van der Waals surface area contributed by atoms with Gasteiger partial charge in [0.2, 0.25) is 5.91 Å². The number of piperidine rings is 1. The van der Waals surface area contributed by atoms with Gasteiger partial charge in [0.1, 0.15) is 74.7 Å². The van der Waals surface area contributed by atoms with E-state index in [1.54, 1.807) is 20.8 Å². The normalized spacial score (nSPS) is 6.50.